The van der Waals surface area contributed by atoms with Crippen molar-refractivity contribution >= 4 is 11.6 Å². The Labute approximate surface area is 178 Å². The molecule has 4 rings (SSSR count). The first-order valence-electron chi connectivity index (χ1n) is 10.5. The molecule has 2 fully saturated rings. The Balaban J connectivity index is 1.52. The highest BCUT2D eigenvalue weighted by Crippen LogP contribution is 2.39. The number of rotatable bonds is 5. The Bertz CT molecular complexity index is 897. The minimum Gasteiger partial charge on any atom is -0.381 e. The number of alkyl halides is 3. The van der Waals surface area contributed by atoms with Crippen molar-refractivity contribution in [1.29, 1.82) is 0 Å². The van der Waals surface area contributed by atoms with Gasteiger partial charge in [0.25, 0.3) is 0 Å². The van der Waals surface area contributed by atoms with Crippen molar-refractivity contribution < 1.29 is 22.3 Å². The van der Waals surface area contributed by atoms with Crippen LogP contribution in [0.4, 0.5) is 29.2 Å². The van der Waals surface area contributed by atoms with E-state index in [9.17, 15) is 13.2 Å². The molecule has 0 aliphatic carbocycles. The van der Waals surface area contributed by atoms with E-state index < -0.39 is 17.6 Å². The smallest absolute Gasteiger partial charge is 0.381 e. The summed E-state index contributed by atoms with van der Waals surface area (Å²) in [6.45, 7) is 4.68. The van der Waals surface area contributed by atoms with E-state index in [2.05, 4.69) is 22.2 Å². The van der Waals surface area contributed by atoms with Gasteiger partial charge >= 0.3 is 6.18 Å². The minimum absolute atomic E-state index is 0.00616. The lowest BCUT2D eigenvalue weighted by Crippen LogP contribution is -2.33. The van der Waals surface area contributed by atoms with Gasteiger partial charge < -0.3 is 15.0 Å². The van der Waals surface area contributed by atoms with E-state index in [-0.39, 0.29) is 23.1 Å². The van der Waals surface area contributed by atoms with Gasteiger partial charge in [0, 0.05) is 26.3 Å². The van der Waals surface area contributed by atoms with Gasteiger partial charge in [-0.05, 0) is 48.8 Å². The van der Waals surface area contributed by atoms with Gasteiger partial charge in [0.15, 0.2) is 11.6 Å². The fourth-order valence-corrected chi connectivity index (χ4v) is 4.28. The van der Waals surface area contributed by atoms with Crippen molar-refractivity contribution in [2.45, 2.75) is 44.8 Å². The molecular weight excluding hydrogens is 412 g/mol. The van der Waals surface area contributed by atoms with Crippen LogP contribution >= 0.6 is 0 Å². The Hall–Kier alpha value is -2.42. The van der Waals surface area contributed by atoms with Gasteiger partial charge in [-0.15, -0.1) is 0 Å². The molecule has 0 radical (unpaired) electrons. The van der Waals surface area contributed by atoms with Gasteiger partial charge in [0.05, 0.1) is 11.6 Å². The first kappa shape index (κ1) is 21.8. The lowest BCUT2D eigenvalue weighted by atomic mass is 9.82. The van der Waals surface area contributed by atoms with Gasteiger partial charge in [-0.3, -0.25) is 0 Å². The molecule has 9 heteroatoms. The summed E-state index contributed by atoms with van der Waals surface area (Å²) in [6.07, 6.45) is 0.248. The van der Waals surface area contributed by atoms with Crippen molar-refractivity contribution in [3.63, 3.8) is 0 Å². The van der Waals surface area contributed by atoms with Crippen LogP contribution in [-0.4, -0.2) is 36.3 Å². The number of halogens is 4. The fourth-order valence-electron chi connectivity index (χ4n) is 4.28. The van der Waals surface area contributed by atoms with Crippen LogP contribution in [0.3, 0.4) is 0 Å². The van der Waals surface area contributed by atoms with E-state index >= 15 is 4.39 Å². The predicted molar refractivity (Wildman–Crippen MR) is 109 cm³/mol. The lowest BCUT2D eigenvalue weighted by molar-refractivity contribution is -0.137. The van der Waals surface area contributed by atoms with E-state index in [4.69, 9.17) is 4.74 Å². The molecule has 0 unspecified atom stereocenters. The maximum Gasteiger partial charge on any atom is 0.416 e. The van der Waals surface area contributed by atoms with Crippen LogP contribution in [0.2, 0.25) is 0 Å². The zero-order valence-electron chi connectivity index (χ0n) is 17.4. The Morgan fingerprint density at radius 3 is 2.55 bits per heavy atom. The predicted octanol–water partition coefficient (Wildman–Crippen LogP) is 5.20. The van der Waals surface area contributed by atoms with Crippen molar-refractivity contribution in [2.24, 2.45) is 5.41 Å². The minimum atomic E-state index is -4.38. The monoisotopic (exact) mass is 438 g/mol. The van der Waals surface area contributed by atoms with E-state index in [1.807, 2.05) is 4.90 Å². The van der Waals surface area contributed by atoms with E-state index in [0.717, 1.165) is 37.8 Å². The van der Waals surface area contributed by atoms with Crippen LogP contribution in [0.1, 0.15) is 49.8 Å². The van der Waals surface area contributed by atoms with Crippen molar-refractivity contribution in [2.75, 3.05) is 36.5 Å². The molecule has 0 spiro atoms. The highest BCUT2D eigenvalue weighted by Gasteiger charge is 2.33. The molecule has 1 aromatic heterocycles. The summed E-state index contributed by atoms with van der Waals surface area (Å²) < 4.78 is 59.4. The molecule has 0 bridgehead atoms. The number of ether oxygens (including phenoxy) is 1. The molecule has 2 aromatic rings. The fraction of sp³-hybridized carbons (Fsp3) is 0.545. The molecular formula is C22H26F4N4O. The standard InChI is InChI=1S/C22H26F4N4O/c1-21(8-11-31-12-9-21)13-27-19-18(23)20(29-14-28-19)30-10-2-3-17(30)15-4-6-16(7-5-15)22(24,25)26/h4-7,14,17H,2-3,8-13H2,1H3,(H,27,28,29)/t17-/m1/s1. The third kappa shape index (κ3) is 4.76. The average Bonchev–Trinajstić information content (AvgIpc) is 3.23. The second-order valence-corrected chi connectivity index (χ2v) is 8.61. The number of nitrogens with zero attached hydrogens (tertiary/aromatic N) is 3. The van der Waals surface area contributed by atoms with Gasteiger partial charge in [0.1, 0.15) is 6.33 Å². The molecule has 31 heavy (non-hydrogen) atoms. The summed E-state index contributed by atoms with van der Waals surface area (Å²) >= 11 is 0. The highest BCUT2D eigenvalue weighted by molar-refractivity contribution is 5.53. The summed E-state index contributed by atoms with van der Waals surface area (Å²) in [5.74, 6) is -0.204. The van der Waals surface area contributed by atoms with Gasteiger partial charge in [-0.2, -0.15) is 17.6 Å². The number of anilines is 2. The van der Waals surface area contributed by atoms with E-state index in [1.165, 1.54) is 18.5 Å². The first-order valence-corrected chi connectivity index (χ1v) is 10.5. The molecule has 2 aliphatic rings. The third-order valence-corrected chi connectivity index (χ3v) is 6.30. The van der Waals surface area contributed by atoms with Crippen LogP contribution in [0.15, 0.2) is 30.6 Å². The maximum atomic E-state index is 15.3. The largest absolute Gasteiger partial charge is 0.416 e. The van der Waals surface area contributed by atoms with E-state index in [0.29, 0.717) is 31.9 Å². The zero-order chi connectivity index (χ0) is 22.1. The summed E-state index contributed by atoms with van der Waals surface area (Å²) in [5.41, 5.74) is 0.0292. The van der Waals surface area contributed by atoms with E-state index in [1.54, 1.807) is 0 Å². The second-order valence-electron chi connectivity index (χ2n) is 8.61. The molecule has 1 aromatic carbocycles. The van der Waals surface area contributed by atoms with Crippen molar-refractivity contribution in [3.05, 3.63) is 47.5 Å². The van der Waals surface area contributed by atoms with Gasteiger partial charge in [0.2, 0.25) is 5.82 Å². The topological polar surface area (TPSA) is 50.3 Å². The Kier molecular flexibility index (Phi) is 6.05. The number of aromatic nitrogens is 2. The second kappa shape index (κ2) is 8.61. The molecule has 0 saturated carbocycles. The zero-order valence-corrected chi connectivity index (χ0v) is 17.4. The summed E-state index contributed by atoms with van der Waals surface area (Å²) in [6, 6.07) is 4.85. The molecule has 2 saturated heterocycles. The molecule has 5 nitrogen and oxygen atoms in total. The van der Waals surface area contributed by atoms with Crippen LogP contribution in [0.5, 0.6) is 0 Å². The van der Waals surface area contributed by atoms with Crippen LogP contribution in [-0.2, 0) is 10.9 Å². The third-order valence-electron chi connectivity index (χ3n) is 6.30. The first-order chi connectivity index (χ1) is 14.8. The Morgan fingerprint density at radius 1 is 1.16 bits per heavy atom. The number of hydrogen-bond acceptors (Lipinski definition) is 5. The molecule has 1 N–H and O–H groups in total. The van der Waals surface area contributed by atoms with Crippen LogP contribution in [0.25, 0.3) is 0 Å². The molecule has 1 atom stereocenters. The number of nitrogens with one attached hydrogen (secondary N) is 1. The lowest BCUT2D eigenvalue weighted by Gasteiger charge is -2.34. The summed E-state index contributed by atoms with van der Waals surface area (Å²) in [7, 11) is 0. The SMILES string of the molecule is CC1(CNc2ncnc(N3CCC[C@@H]3c3ccc(C(F)(F)F)cc3)c2F)CCOCC1. The van der Waals surface area contributed by atoms with Crippen LogP contribution < -0.4 is 10.2 Å². The number of benzene rings is 1. The number of hydrogen-bond donors (Lipinski definition) is 1. The summed E-state index contributed by atoms with van der Waals surface area (Å²) in [5, 5.41) is 3.13. The highest BCUT2D eigenvalue weighted by atomic mass is 19.4. The molecule has 0 amide bonds. The quantitative estimate of drug-likeness (QED) is 0.650. The molecule has 3 heterocycles. The Morgan fingerprint density at radius 2 is 1.87 bits per heavy atom. The van der Waals surface area contributed by atoms with Gasteiger partial charge in [-0.25, -0.2) is 9.97 Å². The van der Waals surface area contributed by atoms with Gasteiger partial charge in [-0.1, -0.05) is 19.1 Å². The summed E-state index contributed by atoms with van der Waals surface area (Å²) in [4.78, 5) is 10.1. The molecule has 168 valence electrons. The van der Waals surface area contributed by atoms with Crippen LogP contribution in [0, 0.1) is 11.2 Å². The van der Waals surface area contributed by atoms with Crippen molar-refractivity contribution in [3.8, 4) is 0 Å². The normalized spacial score (nSPS) is 21.3. The average molecular weight is 438 g/mol. The molecule has 2 aliphatic heterocycles. The maximum absolute atomic E-state index is 15.3. The van der Waals surface area contributed by atoms with Crippen molar-refractivity contribution in [1.82, 2.24) is 9.97 Å².